The Morgan fingerprint density at radius 1 is 1.38 bits per heavy atom. The molecule has 0 aliphatic carbocycles. The highest BCUT2D eigenvalue weighted by molar-refractivity contribution is 5.03. The van der Waals surface area contributed by atoms with E-state index in [-0.39, 0.29) is 0 Å². The molecular formula is C6H9NO. The molecule has 0 aromatic carbocycles. The summed E-state index contributed by atoms with van der Waals surface area (Å²) in [6.07, 6.45) is 7.09. The summed E-state index contributed by atoms with van der Waals surface area (Å²) in [7, 11) is 0. The van der Waals surface area contributed by atoms with Crippen molar-refractivity contribution in [3.05, 3.63) is 24.6 Å². The molecule has 1 aliphatic heterocycles. The summed E-state index contributed by atoms with van der Waals surface area (Å²) in [6, 6.07) is 0. The molecule has 8 heavy (non-hydrogen) atoms. The number of hydrogen-bond donors (Lipinski definition) is 1. The standard InChI is InChI=1S/C6H9NO/c1-6-2-4-7(8)5-3-6/h2-6,8H,1H3. The molecule has 2 nitrogen and oxygen atoms in total. The topological polar surface area (TPSA) is 23.5 Å². The van der Waals surface area contributed by atoms with Gasteiger partial charge in [0.2, 0.25) is 0 Å². The largest absolute Gasteiger partial charge is 0.285 e. The van der Waals surface area contributed by atoms with E-state index in [1.807, 2.05) is 12.2 Å². The van der Waals surface area contributed by atoms with Crippen molar-refractivity contribution in [1.29, 1.82) is 0 Å². The molecule has 0 spiro atoms. The quantitative estimate of drug-likeness (QED) is 0.510. The zero-order valence-corrected chi connectivity index (χ0v) is 4.78. The highest BCUT2D eigenvalue weighted by Crippen LogP contribution is 2.05. The minimum atomic E-state index is 0.457. The average molecular weight is 111 g/mol. The van der Waals surface area contributed by atoms with E-state index in [4.69, 9.17) is 5.21 Å². The Kier molecular flexibility index (Phi) is 1.35. The van der Waals surface area contributed by atoms with Crippen molar-refractivity contribution < 1.29 is 5.21 Å². The van der Waals surface area contributed by atoms with E-state index in [0.717, 1.165) is 5.06 Å². The smallest absolute Gasteiger partial charge is 0.0290 e. The summed E-state index contributed by atoms with van der Waals surface area (Å²) in [5.41, 5.74) is 0. The van der Waals surface area contributed by atoms with Crippen molar-refractivity contribution in [3.63, 3.8) is 0 Å². The van der Waals surface area contributed by atoms with Gasteiger partial charge in [-0.1, -0.05) is 19.1 Å². The van der Waals surface area contributed by atoms with Gasteiger partial charge in [-0.15, -0.1) is 0 Å². The van der Waals surface area contributed by atoms with Crippen LogP contribution >= 0.6 is 0 Å². The zero-order chi connectivity index (χ0) is 5.98. The Balaban J connectivity index is 2.54. The molecule has 0 saturated carbocycles. The van der Waals surface area contributed by atoms with Gasteiger partial charge >= 0.3 is 0 Å². The summed E-state index contributed by atoms with van der Waals surface area (Å²) >= 11 is 0. The van der Waals surface area contributed by atoms with Gasteiger partial charge in [0.1, 0.15) is 0 Å². The first-order valence-electron chi connectivity index (χ1n) is 2.63. The predicted molar refractivity (Wildman–Crippen MR) is 31.1 cm³/mol. The Hall–Kier alpha value is -0.760. The maximum atomic E-state index is 8.69. The van der Waals surface area contributed by atoms with Crippen LogP contribution in [0.5, 0.6) is 0 Å². The van der Waals surface area contributed by atoms with Crippen molar-refractivity contribution in [2.75, 3.05) is 0 Å². The lowest BCUT2D eigenvalue weighted by atomic mass is 10.1. The maximum Gasteiger partial charge on any atom is 0.0290 e. The van der Waals surface area contributed by atoms with E-state index in [1.54, 1.807) is 12.4 Å². The second kappa shape index (κ2) is 2.01. The zero-order valence-electron chi connectivity index (χ0n) is 4.78. The first-order valence-corrected chi connectivity index (χ1v) is 2.63. The molecule has 2 heteroatoms. The second-order valence-corrected chi connectivity index (χ2v) is 1.92. The maximum absolute atomic E-state index is 8.69. The van der Waals surface area contributed by atoms with E-state index in [9.17, 15) is 0 Å². The molecule has 44 valence electrons. The van der Waals surface area contributed by atoms with Crippen molar-refractivity contribution in [2.45, 2.75) is 6.92 Å². The third-order valence-electron chi connectivity index (χ3n) is 1.08. The van der Waals surface area contributed by atoms with Crippen LogP contribution in [0.2, 0.25) is 0 Å². The predicted octanol–water partition coefficient (Wildman–Crippen LogP) is 1.35. The molecule has 0 aromatic rings. The van der Waals surface area contributed by atoms with Crippen molar-refractivity contribution in [3.8, 4) is 0 Å². The van der Waals surface area contributed by atoms with Gasteiger partial charge in [-0.2, -0.15) is 0 Å². The monoisotopic (exact) mass is 111 g/mol. The van der Waals surface area contributed by atoms with Crippen LogP contribution in [0.3, 0.4) is 0 Å². The number of allylic oxidation sites excluding steroid dienone is 2. The third-order valence-corrected chi connectivity index (χ3v) is 1.08. The molecule has 0 bridgehead atoms. The Morgan fingerprint density at radius 2 is 1.88 bits per heavy atom. The van der Waals surface area contributed by atoms with Crippen LogP contribution in [0.15, 0.2) is 24.6 Å². The minimum absolute atomic E-state index is 0.457. The second-order valence-electron chi connectivity index (χ2n) is 1.92. The number of nitrogens with zero attached hydrogens (tertiary/aromatic N) is 1. The fourth-order valence-electron chi connectivity index (χ4n) is 0.562. The fourth-order valence-corrected chi connectivity index (χ4v) is 0.562. The molecule has 1 heterocycles. The summed E-state index contributed by atoms with van der Waals surface area (Å²) in [5.74, 6) is 0.457. The molecule has 0 radical (unpaired) electrons. The Bertz CT molecular complexity index is 100. The van der Waals surface area contributed by atoms with E-state index < -0.39 is 0 Å². The van der Waals surface area contributed by atoms with Gasteiger partial charge in [0, 0.05) is 12.4 Å². The summed E-state index contributed by atoms with van der Waals surface area (Å²) < 4.78 is 0. The van der Waals surface area contributed by atoms with Crippen LogP contribution in [0, 0.1) is 5.92 Å². The molecular weight excluding hydrogens is 102 g/mol. The molecule has 0 fully saturated rings. The van der Waals surface area contributed by atoms with Gasteiger partial charge in [-0.05, 0) is 5.92 Å². The van der Waals surface area contributed by atoms with E-state index >= 15 is 0 Å². The van der Waals surface area contributed by atoms with Crippen molar-refractivity contribution in [1.82, 2.24) is 5.06 Å². The lowest BCUT2D eigenvalue weighted by molar-refractivity contribution is 0.00870. The number of hydroxylamine groups is 2. The van der Waals surface area contributed by atoms with E-state index in [0.29, 0.717) is 5.92 Å². The first-order chi connectivity index (χ1) is 3.79. The highest BCUT2D eigenvalue weighted by atomic mass is 16.5. The molecule has 1 rings (SSSR count). The summed E-state index contributed by atoms with van der Waals surface area (Å²) in [4.78, 5) is 0. The molecule has 1 N–H and O–H groups in total. The normalized spacial score (nSPS) is 20.0. The van der Waals surface area contributed by atoms with Crippen LogP contribution in [0.1, 0.15) is 6.92 Å². The van der Waals surface area contributed by atoms with Gasteiger partial charge in [-0.3, -0.25) is 5.21 Å². The molecule has 0 unspecified atom stereocenters. The van der Waals surface area contributed by atoms with Gasteiger partial charge in [0.25, 0.3) is 0 Å². The fraction of sp³-hybridized carbons (Fsp3) is 0.333. The minimum Gasteiger partial charge on any atom is -0.285 e. The Labute approximate surface area is 48.7 Å². The number of rotatable bonds is 0. The highest BCUT2D eigenvalue weighted by Gasteiger charge is 1.96. The van der Waals surface area contributed by atoms with Crippen molar-refractivity contribution >= 4 is 0 Å². The van der Waals surface area contributed by atoms with Crippen LogP contribution in [0.25, 0.3) is 0 Å². The SMILES string of the molecule is CC1C=CN(O)C=C1. The van der Waals surface area contributed by atoms with Crippen LogP contribution in [0.4, 0.5) is 0 Å². The van der Waals surface area contributed by atoms with E-state index in [2.05, 4.69) is 6.92 Å². The van der Waals surface area contributed by atoms with Crippen LogP contribution in [-0.4, -0.2) is 10.3 Å². The van der Waals surface area contributed by atoms with Gasteiger partial charge in [0.15, 0.2) is 0 Å². The third kappa shape index (κ3) is 1.10. The molecule has 0 saturated heterocycles. The average Bonchev–Trinajstić information content (AvgIpc) is 1.77. The van der Waals surface area contributed by atoms with E-state index in [1.165, 1.54) is 0 Å². The van der Waals surface area contributed by atoms with Crippen LogP contribution in [-0.2, 0) is 0 Å². The van der Waals surface area contributed by atoms with Crippen LogP contribution < -0.4 is 0 Å². The van der Waals surface area contributed by atoms with Gasteiger partial charge in [-0.25, -0.2) is 5.06 Å². The first kappa shape index (κ1) is 5.38. The summed E-state index contributed by atoms with van der Waals surface area (Å²) in [6.45, 7) is 2.06. The summed E-state index contributed by atoms with van der Waals surface area (Å²) in [5, 5.41) is 9.73. The lowest BCUT2D eigenvalue weighted by Gasteiger charge is -2.11. The molecule has 1 aliphatic rings. The molecule has 0 atom stereocenters. The van der Waals surface area contributed by atoms with Gasteiger partial charge in [0.05, 0.1) is 0 Å². The number of hydrogen-bond acceptors (Lipinski definition) is 2. The van der Waals surface area contributed by atoms with Crippen molar-refractivity contribution in [2.24, 2.45) is 5.92 Å². The Morgan fingerprint density at radius 3 is 2.25 bits per heavy atom. The molecule has 0 aromatic heterocycles. The molecule has 0 amide bonds. The lowest BCUT2D eigenvalue weighted by Crippen LogP contribution is -2.06. The van der Waals surface area contributed by atoms with Gasteiger partial charge < -0.3 is 0 Å².